The first kappa shape index (κ1) is 13.5. The molecule has 17 heavy (non-hydrogen) atoms. The second kappa shape index (κ2) is 6.86. The second-order valence-electron chi connectivity index (χ2n) is 3.96. The topological polar surface area (TPSA) is 58.9 Å². The molecule has 0 spiro atoms. The van der Waals surface area contributed by atoms with Crippen molar-refractivity contribution in [3.05, 3.63) is 35.5 Å². The van der Waals surface area contributed by atoms with E-state index in [1.165, 1.54) is 34.9 Å². The highest BCUT2D eigenvalue weighted by Gasteiger charge is 2.03. The first-order valence-corrected chi connectivity index (χ1v) is 5.93. The van der Waals surface area contributed by atoms with Crippen molar-refractivity contribution in [2.24, 2.45) is 5.73 Å². The zero-order valence-electron chi connectivity index (χ0n) is 10.5. The minimum Gasteiger partial charge on any atom is -0.361 e. The summed E-state index contributed by atoms with van der Waals surface area (Å²) in [5.74, 6) is 0. The standard InChI is InChI=1S/C12H15N.C2H5NO/c1-3-5-10-8-13-12-9(2)6-4-7-11(10)12;3-1-2-4/h4,6-8,13H,3,5H2,1-2H3;2H,1,3H2. The number of H-pyrrole nitrogens is 1. The monoisotopic (exact) mass is 232 g/mol. The summed E-state index contributed by atoms with van der Waals surface area (Å²) in [4.78, 5) is 12.4. The van der Waals surface area contributed by atoms with Crippen LogP contribution in [0, 0.1) is 6.92 Å². The van der Waals surface area contributed by atoms with Gasteiger partial charge in [0.05, 0.1) is 0 Å². The Morgan fingerprint density at radius 2 is 2.12 bits per heavy atom. The lowest BCUT2D eigenvalue weighted by Crippen LogP contribution is -1.97. The van der Waals surface area contributed by atoms with E-state index in [1.54, 1.807) is 0 Å². The van der Waals surface area contributed by atoms with Gasteiger partial charge in [0.1, 0.15) is 6.29 Å². The summed E-state index contributed by atoms with van der Waals surface area (Å²) in [5, 5.41) is 1.39. The smallest absolute Gasteiger partial charge is 0.133 e. The van der Waals surface area contributed by atoms with Crippen LogP contribution in [0.25, 0.3) is 10.9 Å². The van der Waals surface area contributed by atoms with Gasteiger partial charge in [-0.05, 0) is 24.5 Å². The minimum absolute atomic E-state index is 0.139. The average Bonchev–Trinajstić information content (AvgIpc) is 2.75. The third kappa shape index (κ3) is 3.43. The van der Waals surface area contributed by atoms with Crippen LogP contribution in [-0.2, 0) is 11.2 Å². The zero-order chi connectivity index (χ0) is 12.7. The van der Waals surface area contributed by atoms with Crippen molar-refractivity contribution in [2.45, 2.75) is 26.7 Å². The number of nitrogens with two attached hydrogens (primary N) is 1. The molecule has 3 heteroatoms. The highest BCUT2D eigenvalue weighted by Crippen LogP contribution is 2.21. The maximum atomic E-state index is 9.05. The van der Waals surface area contributed by atoms with E-state index < -0.39 is 0 Å². The van der Waals surface area contributed by atoms with Crippen LogP contribution in [0.2, 0.25) is 0 Å². The lowest BCUT2D eigenvalue weighted by Gasteiger charge is -1.97. The minimum atomic E-state index is 0.139. The lowest BCUT2D eigenvalue weighted by molar-refractivity contribution is -0.106. The molecule has 0 bridgehead atoms. The van der Waals surface area contributed by atoms with E-state index >= 15 is 0 Å². The lowest BCUT2D eigenvalue weighted by atomic mass is 10.1. The Morgan fingerprint density at radius 3 is 2.71 bits per heavy atom. The molecule has 0 fully saturated rings. The first-order chi connectivity index (χ1) is 8.24. The third-order valence-corrected chi connectivity index (χ3v) is 2.63. The van der Waals surface area contributed by atoms with Crippen molar-refractivity contribution in [1.82, 2.24) is 4.98 Å². The molecule has 0 aliphatic carbocycles. The summed E-state index contributed by atoms with van der Waals surface area (Å²) < 4.78 is 0. The molecule has 0 atom stereocenters. The van der Waals surface area contributed by atoms with Crippen molar-refractivity contribution in [1.29, 1.82) is 0 Å². The van der Waals surface area contributed by atoms with Gasteiger partial charge in [0.25, 0.3) is 0 Å². The van der Waals surface area contributed by atoms with Crippen LogP contribution in [0.15, 0.2) is 24.4 Å². The molecular weight excluding hydrogens is 212 g/mol. The molecule has 0 saturated carbocycles. The van der Waals surface area contributed by atoms with Crippen LogP contribution in [0.5, 0.6) is 0 Å². The van der Waals surface area contributed by atoms with Crippen LogP contribution >= 0.6 is 0 Å². The van der Waals surface area contributed by atoms with Gasteiger partial charge in [-0.2, -0.15) is 0 Å². The maximum Gasteiger partial charge on any atom is 0.133 e. The predicted octanol–water partition coefficient (Wildman–Crippen LogP) is 2.57. The zero-order valence-corrected chi connectivity index (χ0v) is 10.5. The molecule has 0 amide bonds. The molecule has 1 aromatic heterocycles. The SMILES string of the molecule is CCCc1c[nH]c2c(C)cccc12.NCC=O. The maximum absolute atomic E-state index is 9.05. The fourth-order valence-electron chi connectivity index (χ4n) is 1.84. The van der Waals surface area contributed by atoms with E-state index in [9.17, 15) is 0 Å². The molecule has 3 nitrogen and oxygen atoms in total. The van der Waals surface area contributed by atoms with Crippen LogP contribution in [0.3, 0.4) is 0 Å². The first-order valence-electron chi connectivity index (χ1n) is 5.93. The number of para-hydroxylation sites is 1. The Hall–Kier alpha value is -1.61. The van der Waals surface area contributed by atoms with Gasteiger partial charge in [-0.15, -0.1) is 0 Å². The highest BCUT2D eigenvalue weighted by atomic mass is 16.1. The molecular formula is C14H20N2O. The van der Waals surface area contributed by atoms with E-state index in [-0.39, 0.29) is 6.54 Å². The molecule has 0 unspecified atom stereocenters. The summed E-state index contributed by atoms with van der Waals surface area (Å²) >= 11 is 0. The van der Waals surface area contributed by atoms with Gasteiger partial charge in [-0.1, -0.05) is 31.5 Å². The molecule has 2 rings (SSSR count). The van der Waals surface area contributed by atoms with Crippen molar-refractivity contribution in [3.8, 4) is 0 Å². The van der Waals surface area contributed by atoms with Crippen LogP contribution < -0.4 is 5.73 Å². The summed E-state index contributed by atoms with van der Waals surface area (Å²) in [5.41, 5.74) is 8.74. The molecule has 1 heterocycles. The van der Waals surface area contributed by atoms with Gasteiger partial charge in [-0.3, -0.25) is 0 Å². The number of carbonyl (C=O) groups excluding carboxylic acids is 1. The summed E-state index contributed by atoms with van der Waals surface area (Å²) in [6.07, 6.45) is 5.17. The number of aldehydes is 1. The quantitative estimate of drug-likeness (QED) is 0.799. The van der Waals surface area contributed by atoms with Gasteiger partial charge >= 0.3 is 0 Å². The number of nitrogens with one attached hydrogen (secondary N) is 1. The molecule has 3 N–H and O–H groups in total. The summed E-state index contributed by atoms with van der Waals surface area (Å²) in [7, 11) is 0. The number of fused-ring (bicyclic) bond motifs is 1. The fraction of sp³-hybridized carbons (Fsp3) is 0.357. The van der Waals surface area contributed by atoms with E-state index in [0.717, 1.165) is 0 Å². The number of aromatic amines is 1. The molecule has 2 aromatic rings. The second-order valence-corrected chi connectivity index (χ2v) is 3.96. The predicted molar refractivity (Wildman–Crippen MR) is 72.1 cm³/mol. The molecule has 1 aromatic carbocycles. The van der Waals surface area contributed by atoms with Crippen molar-refractivity contribution < 1.29 is 4.79 Å². The van der Waals surface area contributed by atoms with Gasteiger partial charge in [-0.25, -0.2) is 0 Å². The van der Waals surface area contributed by atoms with Crippen molar-refractivity contribution in [3.63, 3.8) is 0 Å². The van der Waals surface area contributed by atoms with Crippen LogP contribution in [-0.4, -0.2) is 17.8 Å². The highest BCUT2D eigenvalue weighted by molar-refractivity contribution is 5.85. The summed E-state index contributed by atoms with van der Waals surface area (Å²) in [6, 6.07) is 6.48. The van der Waals surface area contributed by atoms with Crippen LogP contribution in [0.1, 0.15) is 24.5 Å². The number of carbonyl (C=O) groups is 1. The Morgan fingerprint density at radius 1 is 1.41 bits per heavy atom. The van der Waals surface area contributed by atoms with Gasteiger partial charge in [0, 0.05) is 23.6 Å². The van der Waals surface area contributed by atoms with E-state index in [4.69, 9.17) is 4.79 Å². The molecule has 0 saturated heterocycles. The third-order valence-electron chi connectivity index (χ3n) is 2.63. The van der Waals surface area contributed by atoms with E-state index in [0.29, 0.717) is 6.29 Å². The number of hydrogen-bond acceptors (Lipinski definition) is 2. The normalized spacial score (nSPS) is 9.82. The Kier molecular flexibility index (Phi) is 5.43. The number of hydrogen-bond donors (Lipinski definition) is 2. The number of aryl methyl sites for hydroxylation is 2. The Balaban J connectivity index is 0.000000317. The van der Waals surface area contributed by atoms with Gasteiger partial charge < -0.3 is 15.5 Å². The molecule has 0 aliphatic heterocycles. The van der Waals surface area contributed by atoms with Crippen LogP contribution in [0.4, 0.5) is 0 Å². The Labute approximate surface area is 102 Å². The van der Waals surface area contributed by atoms with E-state index in [1.807, 2.05) is 0 Å². The van der Waals surface area contributed by atoms with Crippen molar-refractivity contribution >= 4 is 17.2 Å². The molecule has 92 valence electrons. The average molecular weight is 232 g/mol. The van der Waals surface area contributed by atoms with E-state index in [2.05, 4.69) is 49.0 Å². The molecule has 0 aliphatic rings. The van der Waals surface area contributed by atoms with Gasteiger partial charge in [0.15, 0.2) is 0 Å². The fourth-order valence-corrected chi connectivity index (χ4v) is 1.84. The van der Waals surface area contributed by atoms with Crippen molar-refractivity contribution in [2.75, 3.05) is 6.54 Å². The summed E-state index contributed by atoms with van der Waals surface area (Å²) in [6.45, 7) is 4.50. The Bertz CT molecular complexity index is 474. The largest absolute Gasteiger partial charge is 0.361 e. The number of benzene rings is 1. The molecule has 0 radical (unpaired) electrons. The number of aromatic nitrogens is 1. The number of rotatable bonds is 3. The van der Waals surface area contributed by atoms with Gasteiger partial charge in [0.2, 0.25) is 0 Å².